The Morgan fingerprint density at radius 2 is 1.67 bits per heavy atom. The lowest BCUT2D eigenvalue weighted by atomic mass is 10.4. The molecule has 0 radical (unpaired) electrons. The van der Waals surface area contributed by atoms with E-state index in [1.54, 1.807) is 6.07 Å². The van der Waals surface area contributed by atoms with E-state index < -0.39 is 4.92 Å². The number of hydrogen-bond donors (Lipinski definition) is 1. The molecule has 0 saturated carbocycles. The summed E-state index contributed by atoms with van der Waals surface area (Å²) < 4.78 is 0. The molecule has 0 bridgehead atoms. The van der Waals surface area contributed by atoms with Crippen molar-refractivity contribution in [2.45, 2.75) is 37.5 Å². The molecule has 0 unspecified atom stereocenters. The Morgan fingerprint density at radius 1 is 1.10 bits per heavy atom. The molecule has 21 heavy (non-hydrogen) atoms. The Morgan fingerprint density at radius 3 is 2.19 bits per heavy atom. The molecule has 0 spiro atoms. The SMILES string of the molecule is CC.CC.Nc1nccc(Sc2ccccc2)c1[N+](=O)[O-]. The topological polar surface area (TPSA) is 82.0 Å². The van der Waals surface area contributed by atoms with Gasteiger partial charge in [0, 0.05) is 11.1 Å². The average Bonchev–Trinajstić information content (AvgIpc) is 2.52. The lowest BCUT2D eigenvalue weighted by molar-refractivity contribution is -0.387. The molecule has 0 saturated heterocycles. The minimum Gasteiger partial charge on any atom is -0.378 e. The summed E-state index contributed by atoms with van der Waals surface area (Å²) in [5.41, 5.74) is 5.37. The summed E-state index contributed by atoms with van der Waals surface area (Å²) in [5, 5.41) is 10.9. The van der Waals surface area contributed by atoms with Crippen molar-refractivity contribution in [2.75, 3.05) is 5.73 Å². The lowest BCUT2D eigenvalue weighted by Crippen LogP contribution is -1.99. The van der Waals surface area contributed by atoms with Crippen LogP contribution in [0, 0.1) is 10.1 Å². The van der Waals surface area contributed by atoms with Gasteiger partial charge in [0.05, 0.1) is 9.82 Å². The van der Waals surface area contributed by atoms with E-state index in [0.29, 0.717) is 4.90 Å². The van der Waals surface area contributed by atoms with Crippen LogP contribution in [-0.4, -0.2) is 9.91 Å². The smallest absolute Gasteiger partial charge is 0.324 e. The van der Waals surface area contributed by atoms with Gasteiger partial charge in [-0.15, -0.1) is 0 Å². The molecule has 2 rings (SSSR count). The number of nitro groups is 1. The Hall–Kier alpha value is -2.08. The van der Waals surface area contributed by atoms with E-state index in [9.17, 15) is 10.1 Å². The summed E-state index contributed by atoms with van der Waals surface area (Å²) >= 11 is 1.30. The van der Waals surface area contributed by atoms with Gasteiger partial charge in [0.2, 0.25) is 5.82 Å². The highest BCUT2D eigenvalue weighted by Crippen LogP contribution is 2.36. The van der Waals surface area contributed by atoms with Crippen LogP contribution in [0.15, 0.2) is 52.4 Å². The first-order valence-electron chi connectivity index (χ1n) is 6.80. The summed E-state index contributed by atoms with van der Waals surface area (Å²) in [4.78, 5) is 15.5. The molecular weight excluding hydrogens is 286 g/mol. The fourth-order valence-electron chi connectivity index (χ4n) is 1.33. The van der Waals surface area contributed by atoms with Crippen molar-refractivity contribution in [3.05, 3.63) is 52.7 Å². The van der Waals surface area contributed by atoms with E-state index in [1.807, 2.05) is 58.0 Å². The Bertz CT molecular complexity index is 548. The van der Waals surface area contributed by atoms with Crippen LogP contribution < -0.4 is 5.73 Å². The van der Waals surface area contributed by atoms with Crippen LogP contribution in [0.3, 0.4) is 0 Å². The van der Waals surface area contributed by atoms with Crippen LogP contribution in [0.25, 0.3) is 0 Å². The van der Waals surface area contributed by atoms with Gasteiger partial charge in [-0.1, -0.05) is 57.7 Å². The first-order chi connectivity index (χ1) is 10.2. The maximum Gasteiger partial charge on any atom is 0.324 e. The molecule has 2 N–H and O–H groups in total. The van der Waals surface area contributed by atoms with E-state index in [0.717, 1.165) is 4.90 Å². The van der Waals surface area contributed by atoms with Gasteiger partial charge in [-0.3, -0.25) is 10.1 Å². The molecule has 0 aliphatic rings. The second-order valence-electron chi connectivity index (χ2n) is 3.22. The third-order valence-corrected chi connectivity index (χ3v) is 3.13. The van der Waals surface area contributed by atoms with Gasteiger partial charge in [0.15, 0.2) is 0 Å². The number of aromatic nitrogens is 1. The van der Waals surface area contributed by atoms with Gasteiger partial charge in [0.25, 0.3) is 0 Å². The fourth-order valence-corrected chi connectivity index (χ4v) is 2.28. The highest BCUT2D eigenvalue weighted by Gasteiger charge is 2.19. The third kappa shape index (κ3) is 5.83. The van der Waals surface area contributed by atoms with Crippen molar-refractivity contribution in [3.8, 4) is 0 Å². The van der Waals surface area contributed by atoms with Gasteiger partial charge in [0.1, 0.15) is 0 Å². The van der Waals surface area contributed by atoms with Crippen molar-refractivity contribution < 1.29 is 4.92 Å². The largest absolute Gasteiger partial charge is 0.378 e. The number of nitrogen functional groups attached to an aromatic ring is 1. The van der Waals surface area contributed by atoms with Crippen molar-refractivity contribution in [1.29, 1.82) is 0 Å². The molecule has 0 aliphatic heterocycles. The molecule has 1 heterocycles. The van der Waals surface area contributed by atoms with Crippen LogP contribution >= 0.6 is 11.8 Å². The maximum absolute atomic E-state index is 10.9. The zero-order valence-corrected chi connectivity index (χ0v) is 13.6. The predicted molar refractivity (Wildman–Crippen MR) is 88.6 cm³/mol. The van der Waals surface area contributed by atoms with Gasteiger partial charge in [-0.25, -0.2) is 4.98 Å². The average molecular weight is 307 g/mol. The first-order valence-corrected chi connectivity index (χ1v) is 7.62. The fraction of sp³-hybridized carbons (Fsp3) is 0.267. The van der Waals surface area contributed by atoms with E-state index in [1.165, 1.54) is 18.0 Å². The Balaban J connectivity index is 0.000000921. The maximum atomic E-state index is 10.9. The van der Waals surface area contributed by atoms with Crippen LogP contribution in [0.1, 0.15) is 27.7 Å². The van der Waals surface area contributed by atoms with Crippen molar-refractivity contribution >= 4 is 23.3 Å². The number of hydrogen-bond acceptors (Lipinski definition) is 5. The summed E-state index contributed by atoms with van der Waals surface area (Å²) in [6.45, 7) is 8.00. The van der Waals surface area contributed by atoms with Crippen LogP contribution in [0.5, 0.6) is 0 Å². The van der Waals surface area contributed by atoms with Crippen molar-refractivity contribution in [2.24, 2.45) is 0 Å². The molecule has 0 fully saturated rings. The van der Waals surface area contributed by atoms with E-state index >= 15 is 0 Å². The predicted octanol–water partition coefficient (Wildman–Crippen LogP) is 4.78. The summed E-state index contributed by atoms with van der Waals surface area (Å²) in [6, 6.07) is 11.0. The molecule has 2 aromatic rings. The number of anilines is 1. The highest BCUT2D eigenvalue weighted by molar-refractivity contribution is 7.99. The number of pyridine rings is 1. The molecule has 0 aliphatic carbocycles. The highest BCUT2D eigenvalue weighted by atomic mass is 32.2. The summed E-state index contributed by atoms with van der Waals surface area (Å²) in [5.74, 6) is -0.0593. The molecule has 5 nitrogen and oxygen atoms in total. The molecule has 1 aromatic heterocycles. The molecule has 0 amide bonds. The monoisotopic (exact) mass is 307 g/mol. The third-order valence-electron chi connectivity index (χ3n) is 2.07. The lowest BCUT2D eigenvalue weighted by Gasteiger charge is -2.03. The van der Waals surface area contributed by atoms with Gasteiger partial charge < -0.3 is 5.73 Å². The van der Waals surface area contributed by atoms with Gasteiger partial charge in [-0.2, -0.15) is 0 Å². The van der Waals surface area contributed by atoms with Crippen molar-refractivity contribution in [3.63, 3.8) is 0 Å². The van der Waals surface area contributed by atoms with Gasteiger partial charge in [-0.05, 0) is 18.2 Å². The van der Waals surface area contributed by atoms with Crippen LogP contribution in [0.2, 0.25) is 0 Å². The van der Waals surface area contributed by atoms with Crippen LogP contribution in [0.4, 0.5) is 11.5 Å². The quantitative estimate of drug-likeness (QED) is 0.652. The van der Waals surface area contributed by atoms with E-state index in [2.05, 4.69) is 4.98 Å². The van der Waals surface area contributed by atoms with E-state index in [4.69, 9.17) is 5.73 Å². The second-order valence-corrected chi connectivity index (χ2v) is 4.33. The van der Waals surface area contributed by atoms with Crippen molar-refractivity contribution in [1.82, 2.24) is 4.98 Å². The van der Waals surface area contributed by atoms with Crippen LogP contribution in [-0.2, 0) is 0 Å². The minimum atomic E-state index is -0.506. The molecule has 6 heteroatoms. The molecule has 0 atom stereocenters. The number of rotatable bonds is 3. The number of benzene rings is 1. The summed E-state index contributed by atoms with van der Waals surface area (Å²) in [6.07, 6.45) is 1.47. The standard InChI is InChI=1S/C11H9N3O2S.2C2H6/c12-11-10(14(15)16)9(6-7-13-11)17-8-4-2-1-3-5-8;2*1-2/h1-7H,(H2,12,13);2*1-2H3. The number of nitrogens with zero attached hydrogens (tertiary/aromatic N) is 2. The molecule has 1 aromatic carbocycles. The van der Waals surface area contributed by atoms with Gasteiger partial charge >= 0.3 is 5.69 Å². The molecule has 114 valence electrons. The Labute approximate surface area is 129 Å². The minimum absolute atomic E-state index is 0.0593. The van der Waals surface area contributed by atoms with E-state index in [-0.39, 0.29) is 11.5 Å². The summed E-state index contributed by atoms with van der Waals surface area (Å²) in [7, 11) is 0. The first kappa shape index (κ1) is 18.9. The molecular formula is C15H21N3O2S. The zero-order chi connectivity index (χ0) is 16.3. The normalized spacial score (nSPS) is 8.76. The number of nitrogens with two attached hydrogens (primary N) is 1. The Kier molecular flexibility index (Phi) is 9.62. The second kappa shape index (κ2) is 10.7. The zero-order valence-electron chi connectivity index (χ0n) is 12.7.